The predicted molar refractivity (Wildman–Crippen MR) is 117 cm³/mol. The third-order valence-electron chi connectivity index (χ3n) is 5.35. The molecular weight excluding hydrogens is 396 g/mol. The topological polar surface area (TPSA) is 114 Å². The van der Waals surface area contributed by atoms with Crippen LogP contribution < -0.4 is 10.5 Å². The van der Waals surface area contributed by atoms with Gasteiger partial charge in [0.05, 0.1) is 36.1 Å². The van der Waals surface area contributed by atoms with Crippen LogP contribution in [0.3, 0.4) is 0 Å². The van der Waals surface area contributed by atoms with E-state index in [0.717, 1.165) is 34.4 Å². The molecule has 1 aliphatic rings. The van der Waals surface area contributed by atoms with Gasteiger partial charge in [0.15, 0.2) is 0 Å². The maximum atomic E-state index is 13.2. The number of aromatic hydroxyl groups is 1. The average Bonchev–Trinajstić information content (AvgIpc) is 3.34. The highest BCUT2D eigenvalue weighted by molar-refractivity contribution is 6.01. The average molecular weight is 425 g/mol. The van der Waals surface area contributed by atoms with Crippen molar-refractivity contribution in [2.24, 2.45) is 5.73 Å². The van der Waals surface area contributed by atoms with Gasteiger partial charge >= 0.3 is 0 Å². The van der Waals surface area contributed by atoms with Crippen LogP contribution in [0.5, 0.6) is 11.5 Å². The van der Waals surface area contributed by atoms with Crippen LogP contribution in [-0.4, -0.2) is 45.4 Å². The number of carbonyl (C=O) groups excluding carboxylic acids is 1. The standard InChI is InChI=1S/C23H28N4O4/c1-14(2)31-13-21-18-9-19(22(28)10-20(18)25-26-21)23(29)27-11-15-4-5-17(8-16(15)12-27)30-7-3-6-24/h4-5,8-10,14,28H,3,6-7,11-13,24H2,1-2H3,(H,25,26). The van der Waals surface area contributed by atoms with Crippen LogP contribution in [0.25, 0.3) is 10.9 Å². The summed E-state index contributed by atoms with van der Waals surface area (Å²) in [6.07, 6.45) is 0.866. The third kappa shape index (κ3) is 4.50. The van der Waals surface area contributed by atoms with Crippen molar-refractivity contribution in [2.45, 2.75) is 46.1 Å². The number of nitrogens with zero attached hydrogens (tertiary/aromatic N) is 2. The molecule has 8 heteroatoms. The predicted octanol–water partition coefficient (Wildman–Crippen LogP) is 3.08. The fourth-order valence-corrected chi connectivity index (χ4v) is 3.68. The van der Waals surface area contributed by atoms with Crippen LogP contribution in [0.15, 0.2) is 30.3 Å². The highest BCUT2D eigenvalue weighted by atomic mass is 16.5. The number of amides is 1. The van der Waals surface area contributed by atoms with Crippen LogP contribution >= 0.6 is 0 Å². The zero-order chi connectivity index (χ0) is 22.0. The number of nitrogens with one attached hydrogen (secondary N) is 1. The Hall–Kier alpha value is -3.10. The third-order valence-corrected chi connectivity index (χ3v) is 5.35. The fraction of sp³-hybridized carbons (Fsp3) is 0.391. The molecule has 0 radical (unpaired) electrons. The Balaban J connectivity index is 1.53. The first-order valence-corrected chi connectivity index (χ1v) is 10.5. The van der Waals surface area contributed by atoms with E-state index in [0.29, 0.717) is 38.4 Å². The number of aromatic nitrogens is 2. The second kappa shape index (κ2) is 8.95. The number of phenols is 1. The van der Waals surface area contributed by atoms with Gasteiger partial charge in [-0.15, -0.1) is 0 Å². The van der Waals surface area contributed by atoms with Gasteiger partial charge in [0, 0.05) is 24.5 Å². The molecule has 0 spiro atoms. The van der Waals surface area contributed by atoms with Gasteiger partial charge in [0.25, 0.3) is 5.91 Å². The minimum atomic E-state index is -0.224. The van der Waals surface area contributed by atoms with Crippen LogP contribution in [0.4, 0.5) is 0 Å². The van der Waals surface area contributed by atoms with Crippen LogP contribution in [0, 0.1) is 0 Å². The van der Waals surface area contributed by atoms with Gasteiger partial charge in [-0.25, -0.2) is 0 Å². The molecule has 4 rings (SSSR count). The lowest BCUT2D eigenvalue weighted by Gasteiger charge is -2.16. The smallest absolute Gasteiger partial charge is 0.258 e. The number of aromatic amines is 1. The van der Waals surface area contributed by atoms with Gasteiger partial charge in [-0.1, -0.05) is 6.07 Å². The molecule has 31 heavy (non-hydrogen) atoms. The summed E-state index contributed by atoms with van der Waals surface area (Å²) in [5, 5.41) is 18.4. The Kier molecular flexibility index (Phi) is 6.11. The van der Waals surface area contributed by atoms with E-state index in [1.165, 1.54) is 6.07 Å². The highest BCUT2D eigenvalue weighted by Gasteiger charge is 2.27. The van der Waals surface area contributed by atoms with Crippen molar-refractivity contribution >= 4 is 16.8 Å². The SMILES string of the molecule is CC(C)OCc1[nH]nc2cc(O)c(C(=O)N3Cc4ccc(OCCCN)cc4C3)cc12. The van der Waals surface area contributed by atoms with Crippen LogP contribution in [0.1, 0.15) is 47.4 Å². The van der Waals surface area contributed by atoms with E-state index >= 15 is 0 Å². The molecule has 0 saturated heterocycles. The van der Waals surface area contributed by atoms with E-state index in [1.54, 1.807) is 11.0 Å². The molecule has 1 aliphatic heterocycles. The molecule has 0 saturated carbocycles. The summed E-state index contributed by atoms with van der Waals surface area (Å²) in [6.45, 7) is 6.38. The van der Waals surface area contributed by atoms with E-state index in [9.17, 15) is 9.90 Å². The summed E-state index contributed by atoms with van der Waals surface area (Å²) >= 11 is 0. The normalized spacial score (nSPS) is 13.2. The summed E-state index contributed by atoms with van der Waals surface area (Å²) in [6, 6.07) is 9.09. The van der Waals surface area contributed by atoms with Gasteiger partial charge in [0.1, 0.15) is 11.5 Å². The molecule has 2 heterocycles. The zero-order valence-electron chi connectivity index (χ0n) is 17.9. The largest absolute Gasteiger partial charge is 0.507 e. The van der Waals surface area contributed by atoms with E-state index in [4.69, 9.17) is 15.2 Å². The number of phenolic OH excluding ortho intramolecular Hbond substituents is 1. The molecule has 2 aromatic carbocycles. The zero-order valence-corrected chi connectivity index (χ0v) is 17.9. The van der Waals surface area contributed by atoms with E-state index in [-0.39, 0.29) is 23.3 Å². The molecule has 164 valence electrons. The van der Waals surface area contributed by atoms with Gasteiger partial charge in [-0.2, -0.15) is 5.10 Å². The van der Waals surface area contributed by atoms with Crippen molar-refractivity contribution in [3.63, 3.8) is 0 Å². The lowest BCUT2D eigenvalue weighted by molar-refractivity contribution is 0.0642. The van der Waals surface area contributed by atoms with E-state index in [2.05, 4.69) is 10.2 Å². The molecule has 4 N–H and O–H groups in total. The molecule has 0 aliphatic carbocycles. The summed E-state index contributed by atoms with van der Waals surface area (Å²) in [7, 11) is 0. The molecule has 0 atom stereocenters. The Bertz CT molecular complexity index is 1090. The number of fused-ring (bicyclic) bond motifs is 2. The molecular formula is C23H28N4O4. The maximum absolute atomic E-state index is 13.2. The Morgan fingerprint density at radius 2 is 2.06 bits per heavy atom. The molecule has 1 aromatic heterocycles. The lowest BCUT2D eigenvalue weighted by Crippen LogP contribution is -2.25. The van der Waals surface area contributed by atoms with Crippen molar-refractivity contribution in [3.05, 3.63) is 52.7 Å². The van der Waals surface area contributed by atoms with Gasteiger partial charge < -0.3 is 25.2 Å². The number of carbonyl (C=O) groups is 1. The summed E-state index contributed by atoms with van der Waals surface area (Å²) in [4.78, 5) is 15.0. The summed E-state index contributed by atoms with van der Waals surface area (Å²) in [5.41, 5.74) is 9.27. The van der Waals surface area contributed by atoms with Crippen LogP contribution in [0.2, 0.25) is 0 Å². The highest BCUT2D eigenvalue weighted by Crippen LogP contribution is 2.32. The number of hydrogen-bond donors (Lipinski definition) is 3. The molecule has 0 fully saturated rings. The van der Waals surface area contributed by atoms with Crippen molar-refractivity contribution in [1.29, 1.82) is 0 Å². The van der Waals surface area contributed by atoms with Gasteiger partial charge in [-0.3, -0.25) is 9.89 Å². The van der Waals surface area contributed by atoms with E-state index in [1.807, 2.05) is 32.0 Å². The number of H-pyrrole nitrogens is 1. The molecule has 8 nitrogen and oxygen atoms in total. The Morgan fingerprint density at radius 1 is 1.26 bits per heavy atom. The number of nitrogens with two attached hydrogens (primary N) is 1. The summed E-state index contributed by atoms with van der Waals surface area (Å²) < 4.78 is 11.4. The molecule has 0 unspecified atom stereocenters. The first-order chi connectivity index (χ1) is 15.0. The maximum Gasteiger partial charge on any atom is 0.258 e. The molecule has 3 aromatic rings. The Morgan fingerprint density at radius 3 is 2.84 bits per heavy atom. The minimum Gasteiger partial charge on any atom is -0.507 e. The number of benzene rings is 2. The van der Waals surface area contributed by atoms with Gasteiger partial charge in [-0.05, 0) is 56.1 Å². The number of hydrogen-bond acceptors (Lipinski definition) is 6. The summed E-state index contributed by atoms with van der Waals surface area (Å²) in [5.74, 6) is 0.471. The van der Waals surface area contributed by atoms with Crippen molar-refractivity contribution < 1.29 is 19.4 Å². The Labute approximate surface area is 180 Å². The minimum absolute atomic E-state index is 0.0730. The monoisotopic (exact) mass is 424 g/mol. The van der Waals surface area contributed by atoms with Gasteiger partial charge in [0.2, 0.25) is 0 Å². The number of ether oxygens (including phenoxy) is 2. The number of rotatable bonds is 8. The lowest BCUT2D eigenvalue weighted by atomic mass is 10.1. The quantitative estimate of drug-likeness (QED) is 0.479. The second-order valence-electron chi connectivity index (χ2n) is 8.03. The van der Waals surface area contributed by atoms with Crippen LogP contribution in [-0.2, 0) is 24.4 Å². The second-order valence-corrected chi connectivity index (χ2v) is 8.03. The molecule has 0 bridgehead atoms. The fourth-order valence-electron chi connectivity index (χ4n) is 3.68. The van der Waals surface area contributed by atoms with Crippen molar-refractivity contribution in [1.82, 2.24) is 15.1 Å². The van der Waals surface area contributed by atoms with E-state index < -0.39 is 0 Å². The first kappa shape index (κ1) is 21.1. The first-order valence-electron chi connectivity index (χ1n) is 10.5. The van der Waals surface area contributed by atoms with Crippen molar-refractivity contribution in [2.75, 3.05) is 13.2 Å². The molecule has 1 amide bonds. The van der Waals surface area contributed by atoms with Crippen molar-refractivity contribution in [3.8, 4) is 11.5 Å².